The van der Waals surface area contributed by atoms with E-state index in [1.54, 1.807) is 30.5 Å². The van der Waals surface area contributed by atoms with Gasteiger partial charge < -0.3 is 9.52 Å². The van der Waals surface area contributed by atoms with E-state index in [0.29, 0.717) is 22.4 Å². The van der Waals surface area contributed by atoms with Crippen LogP contribution in [-0.2, 0) is 0 Å². The van der Waals surface area contributed by atoms with E-state index in [1.807, 2.05) is 19.1 Å². The van der Waals surface area contributed by atoms with Crippen LogP contribution in [0.4, 0.5) is 0 Å². The van der Waals surface area contributed by atoms with E-state index < -0.39 is 5.97 Å². The summed E-state index contributed by atoms with van der Waals surface area (Å²) in [5.41, 5.74) is 2.39. The maximum atomic E-state index is 11.4. The van der Waals surface area contributed by atoms with E-state index in [4.69, 9.17) is 4.42 Å². The Morgan fingerprint density at radius 3 is 2.79 bits per heavy atom. The quantitative estimate of drug-likeness (QED) is 0.759. The van der Waals surface area contributed by atoms with Crippen molar-refractivity contribution < 1.29 is 14.3 Å². The summed E-state index contributed by atoms with van der Waals surface area (Å²) in [6, 6.07) is 10.6. The van der Waals surface area contributed by atoms with Crippen molar-refractivity contribution in [1.29, 1.82) is 0 Å². The third-order valence-corrected chi connectivity index (χ3v) is 3.05. The van der Waals surface area contributed by atoms with Gasteiger partial charge in [-0.05, 0) is 30.7 Å². The average Bonchev–Trinajstić information content (AvgIpc) is 2.92. The maximum absolute atomic E-state index is 11.4. The molecule has 0 saturated heterocycles. The number of pyridine rings is 1. The second kappa shape index (κ2) is 4.24. The molecule has 0 aliphatic rings. The molecule has 0 aliphatic carbocycles. The molecule has 0 fully saturated rings. The van der Waals surface area contributed by atoms with Gasteiger partial charge in [0.25, 0.3) is 0 Å². The molecule has 2 heterocycles. The fourth-order valence-electron chi connectivity index (χ4n) is 2.12. The molecule has 0 aliphatic heterocycles. The number of carbonyl (C=O) groups is 1. The molecule has 0 spiro atoms. The minimum Gasteiger partial charge on any atom is -0.478 e. The van der Waals surface area contributed by atoms with Crippen molar-refractivity contribution in [2.24, 2.45) is 0 Å². The average molecular weight is 253 g/mol. The topological polar surface area (TPSA) is 63.3 Å². The van der Waals surface area contributed by atoms with Crippen molar-refractivity contribution in [3.05, 3.63) is 53.8 Å². The molecule has 0 bridgehead atoms. The SMILES string of the molecule is Cc1cccc2c(C(=O)O)cc(-c3ccco3)nc12. The number of benzene rings is 1. The third kappa shape index (κ3) is 1.87. The van der Waals surface area contributed by atoms with Gasteiger partial charge in [-0.25, -0.2) is 9.78 Å². The molecule has 0 saturated carbocycles. The van der Waals surface area contributed by atoms with Gasteiger partial charge in [-0.1, -0.05) is 18.2 Å². The molecule has 1 N–H and O–H groups in total. The number of aromatic carboxylic acids is 1. The number of hydrogen-bond acceptors (Lipinski definition) is 3. The molecular formula is C15H11NO3. The Hall–Kier alpha value is -2.62. The molecule has 3 rings (SSSR count). The number of hydrogen-bond donors (Lipinski definition) is 1. The standard InChI is InChI=1S/C15H11NO3/c1-9-4-2-5-10-11(15(17)18)8-12(16-14(9)10)13-6-3-7-19-13/h2-8H,1H3,(H,17,18). The number of fused-ring (bicyclic) bond motifs is 1. The van der Waals surface area contributed by atoms with E-state index in [1.165, 1.54) is 0 Å². The van der Waals surface area contributed by atoms with Crippen LogP contribution in [0.1, 0.15) is 15.9 Å². The lowest BCUT2D eigenvalue weighted by Crippen LogP contribution is -2.00. The molecular weight excluding hydrogens is 242 g/mol. The van der Waals surface area contributed by atoms with Crippen LogP contribution in [0.5, 0.6) is 0 Å². The van der Waals surface area contributed by atoms with E-state index in [2.05, 4.69) is 4.98 Å². The zero-order valence-corrected chi connectivity index (χ0v) is 10.3. The van der Waals surface area contributed by atoms with Gasteiger partial charge in [0.1, 0.15) is 5.69 Å². The molecule has 4 heteroatoms. The molecule has 0 atom stereocenters. The molecule has 0 amide bonds. The highest BCUT2D eigenvalue weighted by atomic mass is 16.4. The Bertz CT molecular complexity index is 760. The summed E-state index contributed by atoms with van der Waals surface area (Å²) in [4.78, 5) is 15.9. The van der Waals surface area contributed by atoms with Crippen LogP contribution in [0.3, 0.4) is 0 Å². The van der Waals surface area contributed by atoms with Crippen LogP contribution in [-0.4, -0.2) is 16.1 Å². The highest BCUT2D eigenvalue weighted by Gasteiger charge is 2.14. The number of aryl methyl sites for hydroxylation is 1. The van der Waals surface area contributed by atoms with E-state index in [0.717, 1.165) is 5.56 Å². The highest BCUT2D eigenvalue weighted by Crippen LogP contribution is 2.26. The number of furan rings is 1. The summed E-state index contributed by atoms with van der Waals surface area (Å²) >= 11 is 0. The van der Waals surface area contributed by atoms with Crippen LogP contribution in [0.15, 0.2) is 47.1 Å². The van der Waals surface area contributed by atoms with Gasteiger partial charge in [-0.2, -0.15) is 0 Å². The van der Waals surface area contributed by atoms with Crippen molar-refractivity contribution in [3.63, 3.8) is 0 Å². The van der Waals surface area contributed by atoms with Crippen LogP contribution in [0.25, 0.3) is 22.4 Å². The van der Waals surface area contributed by atoms with Gasteiger partial charge in [-0.3, -0.25) is 0 Å². The second-order valence-corrected chi connectivity index (χ2v) is 4.31. The second-order valence-electron chi connectivity index (χ2n) is 4.31. The number of aromatic nitrogens is 1. The number of para-hydroxylation sites is 1. The Labute approximate surface area is 109 Å². The summed E-state index contributed by atoms with van der Waals surface area (Å²) in [5.74, 6) is -0.404. The Morgan fingerprint density at radius 1 is 1.26 bits per heavy atom. The zero-order valence-electron chi connectivity index (χ0n) is 10.3. The zero-order chi connectivity index (χ0) is 13.4. The lowest BCUT2D eigenvalue weighted by Gasteiger charge is -2.07. The van der Waals surface area contributed by atoms with Gasteiger partial charge in [0, 0.05) is 5.39 Å². The summed E-state index contributed by atoms with van der Waals surface area (Å²) in [6.07, 6.45) is 1.54. The molecule has 19 heavy (non-hydrogen) atoms. The van der Waals surface area contributed by atoms with Crippen molar-refractivity contribution in [2.45, 2.75) is 6.92 Å². The van der Waals surface area contributed by atoms with Crippen LogP contribution in [0, 0.1) is 6.92 Å². The third-order valence-electron chi connectivity index (χ3n) is 3.05. The largest absolute Gasteiger partial charge is 0.478 e. The van der Waals surface area contributed by atoms with Crippen molar-refractivity contribution in [1.82, 2.24) is 4.98 Å². The van der Waals surface area contributed by atoms with Crippen molar-refractivity contribution >= 4 is 16.9 Å². The van der Waals surface area contributed by atoms with E-state index >= 15 is 0 Å². The summed E-state index contributed by atoms with van der Waals surface area (Å²) < 4.78 is 5.29. The van der Waals surface area contributed by atoms with Gasteiger partial charge >= 0.3 is 5.97 Å². The van der Waals surface area contributed by atoms with Gasteiger partial charge in [-0.15, -0.1) is 0 Å². The number of carboxylic acid groups (broad SMARTS) is 1. The number of nitrogens with zero attached hydrogens (tertiary/aromatic N) is 1. The maximum Gasteiger partial charge on any atom is 0.336 e. The Balaban J connectivity index is 2.38. The van der Waals surface area contributed by atoms with E-state index in [-0.39, 0.29) is 5.56 Å². The molecule has 1 aromatic carbocycles. The van der Waals surface area contributed by atoms with Crippen LogP contribution in [0.2, 0.25) is 0 Å². The van der Waals surface area contributed by atoms with Gasteiger partial charge in [0.15, 0.2) is 5.76 Å². The Kier molecular flexibility index (Phi) is 2.56. The first-order chi connectivity index (χ1) is 9.16. The van der Waals surface area contributed by atoms with Crippen molar-refractivity contribution in [3.8, 4) is 11.5 Å². The summed E-state index contributed by atoms with van der Waals surface area (Å²) in [5, 5.41) is 9.98. The van der Waals surface area contributed by atoms with Crippen molar-refractivity contribution in [2.75, 3.05) is 0 Å². The molecule has 94 valence electrons. The first-order valence-electron chi connectivity index (χ1n) is 5.84. The Morgan fingerprint density at radius 2 is 2.11 bits per heavy atom. The molecule has 0 radical (unpaired) electrons. The molecule has 2 aromatic heterocycles. The van der Waals surface area contributed by atoms with Gasteiger partial charge in [0.2, 0.25) is 0 Å². The number of rotatable bonds is 2. The molecule has 4 nitrogen and oxygen atoms in total. The molecule has 3 aromatic rings. The lowest BCUT2D eigenvalue weighted by atomic mass is 10.0. The van der Waals surface area contributed by atoms with Crippen LogP contribution < -0.4 is 0 Å². The first-order valence-corrected chi connectivity index (χ1v) is 5.84. The lowest BCUT2D eigenvalue weighted by molar-refractivity contribution is 0.0699. The minimum absolute atomic E-state index is 0.236. The summed E-state index contributed by atoms with van der Waals surface area (Å²) in [6.45, 7) is 1.91. The fraction of sp³-hybridized carbons (Fsp3) is 0.0667. The first kappa shape index (κ1) is 11.5. The fourth-order valence-corrected chi connectivity index (χ4v) is 2.12. The predicted octanol–water partition coefficient (Wildman–Crippen LogP) is 3.50. The minimum atomic E-state index is -0.967. The van der Waals surface area contributed by atoms with Gasteiger partial charge in [0.05, 0.1) is 17.3 Å². The highest BCUT2D eigenvalue weighted by molar-refractivity contribution is 6.04. The molecule has 0 unspecified atom stereocenters. The van der Waals surface area contributed by atoms with Crippen LogP contribution >= 0.6 is 0 Å². The normalized spacial score (nSPS) is 10.8. The number of carboxylic acids is 1. The summed E-state index contributed by atoms with van der Waals surface area (Å²) in [7, 11) is 0. The predicted molar refractivity (Wildman–Crippen MR) is 71.1 cm³/mol. The van der Waals surface area contributed by atoms with E-state index in [9.17, 15) is 9.90 Å². The monoisotopic (exact) mass is 253 g/mol. The smallest absolute Gasteiger partial charge is 0.336 e.